The molecule has 21 heavy (non-hydrogen) atoms. The van der Waals surface area contributed by atoms with Gasteiger partial charge in [-0.15, -0.1) is 5.10 Å². The summed E-state index contributed by atoms with van der Waals surface area (Å²) in [5.41, 5.74) is 1.24. The lowest BCUT2D eigenvalue weighted by atomic mass is 10.1. The Kier molecular flexibility index (Phi) is 5.49. The van der Waals surface area contributed by atoms with Crippen molar-refractivity contribution in [2.24, 2.45) is 5.92 Å². The van der Waals surface area contributed by atoms with Crippen LogP contribution in [0, 0.1) is 5.92 Å². The van der Waals surface area contributed by atoms with E-state index < -0.39 is 0 Å². The molecule has 0 aliphatic heterocycles. The molecule has 0 aliphatic rings. The Labute approximate surface area is 126 Å². The van der Waals surface area contributed by atoms with Crippen molar-refractivity contribution in [3.05, 3.63) is 42.1 Å². The maximum absolute atomic E-state index is 4.51. The molecule has 1 N–H and O–H groups in total. The third kappa shape index (κ3) is 5.02. The molecule has 1 aromatic carbocycles. The Morgan fingerprint density at radius 2 is 1.95 bits per heavy atom. The van der Waals surface area contributed by atoms with Crippen molar-refractivity contribution >= 4 is 11.8 Å². The first kappa shape index (κ1) is 15.2. The molecule has 5 nitrogen and oxygen atoms in total. The molecule has 112 valence electrons. The van der Waals surface area contributed by atoms with Gasteiger partial charge in [0.1, 0.15) is 0 Å². The van der Waals surface area contributed by atoms with E-state index in [4.69, 9.17) is 0 Å². The molecule has 2 aromatic rings. The minimum absolute atomic E-state index is 0.591. The van der Waals surface area contributed by atoms with Gasteiger partial charge in [0.15, 0.2) is 5.82 Å². The number of hydrogen-bond donors (Lipinski definition) is 1. The average molecular weight is 285 g/mol. The van der Waals surface area contributed by atoms with Crippen LogP contribution in [0.25, 0.3) is 0 Å². The average Bonchev–Trinajstić information content (AvgIpc) is 2.48. The van der Waals surface area contributed by atoms with E-state index in [1.165, 1.54) is 5.56 Å². The van der Waals surface area contributed by atoms with Crippen LogP contribution in [0.15, 0.2) is 36.5 Å². The van der Waals surface area contributed by atoms with Gasteiger partial charge >= 0.3 is 0 Å². The van der Waals surface area contributed by atoms with E-state index in [-0.39, 0.29) is 0 Å². The molecule has 2 rings (SSSR count). The summed E-state index contributed by atoms with van der Waals surface area (Å²) in [4.78, 5) is 6.57. The second kappa shape index (κ2) is 7.57. The largest absolute Gasteiger partial charge is 0.354 e. The first-order valence-electron chi connectivity index (χ1n) is 7.34. The zero-order valence-corrected chi connectivity index (χ0v) is 13.0. The van der Waals surface area contributed by atoms with Crippen LogP contribution >= 0.6 is 0 Å². The fourth-order valence-electron chi connectivity index (χ4n) is 1.96. The van der Waals surface area contributed by atoms with Gasteiger partial charge in [-0.2, -0.15) is 10.1 Å². The summed E-state index contributed by atoms with van der Waals surface area (Å²) in [7, 11) is 2.01. The summed E-state index contributed by atoms with van der Waals surface area (Å²) >= 11 is 0. The lowest BCUT2D eigenvalue weighted by molar-refractivity contribution is 0.605. The van der Waals surface area contributed by atoms with Crippen molar-refractivity contribution in [1.29, 1.82) is 0 Å². The highest BCUT2D eigenvalue weighted by Gasteiger charge is 2.06. The van der Waals surface area contributed by atoms with E-state index in [9.17, 15) is 0 Å². The first-order valence-corrected chi connectivity index (χ1v) is 7.34. The molecule has 0 fully saturated rings. The molecule has 0 atom stereocenters. The van der Waals surface area contributed by atoms with E-state index in [0.29, 0.717) is 11.9 Å². The van der Waals surface area contributed by atoms with Gasteiger partial charge in [0.25, 0.3) is 0 Å². The maximum Gasteiger partial charge on any atom is 0.244 e. The van der Waals surface area contributed by atoms with Crippen LogP contribution in [0.4, 0.5) is 11.8 Å². The molecule has 0 unspecified atom stereocenters. The molecule has 0 saturated heterocycles. The van der Waals surface area contributed by atoms with Gasteiger partial charge in [-0.1, -0.05) is 44.2 Å². The Hall–Kier alpha value is -2.17. The fourth-order valence-corrected chi connectivity index (χ4v) is 1.96. The minimum Gasteiger partial charge on any atom is -0.354 e. The number of benzene rings is 1. The van der Waals surface area contributed by atoms with Gasteiger partial charge in [-0.05, 0) is 17.9 Å². The van der Waals surface area contributed by atoms with Gasteiger partial charge in [-0.3, -0.25) is 0 Å². The van der Waals surface area contributed by atoms with Crippen molar-refractivity contribution < 1.29 is 0 Å². The van der Waals surface area contributed by atoms with Gasteiger partial charge in [0.05, 0.1) is 6.20 Å². The topological polar surface area (TPSA) is 53.9 Å². The highest BCUT2D eigenvalue weighted by molar-refractivity contribution is 5.40. The van der Waals surface area contributed by atoms with Gasteiger partial charge in [-0.25, -0.2) is 0 Å². The molecule has 0 aliphatic carbocycles. The summed E-state index contributed by atoms with van der Waals surface area (Å²) in [5, 5.41) is 11.3. The van der Waals surface area contributed by atoms with E-state index in [1.807, 2.05) is 25.2 Å². The normalized spacial score (nSPS) is 10.7. The zero-order chi connectivity index (χ0) is 15.1. The first-order chi connectivity index (χ1) is 10.1. The molecule has 5 heteroatoms. The molecule has 0 amide bonds. The summed E-state index contributed by atoms with van der Waals surface area (Å²) in [6.45, 7) is 6.06. The Bertz CT molecular complexity index is 541. The molecule has 0 radical (unpaired) electrons. The number of nitrogens with one attached hydrogen (secondary N) is 1. The Balaban J connectivity index is 1.96. The predicted molar refractivity (Wildman–Crippen MR) is 86.3 cm³/mol. The smallest absolute Gasteiger partial charge is 0.244 e. The third-order valence-electron chi connectivity index (χ3n) is 3.20. The van der Waals surface area contributed by atoms with Crippen molar-refractivity contribution in [2.75, 3.05) is 23.8 Å². The third-order valence-corrected chi connectivity index (χ3v) is 3.20. The summed E-state index contributed by atoms with van der Waals surface area (Å²) in [5.74, 6) is 2.07. The van der Waals surface area contributed by atoms with Gasteiger partial charge in [0, 0.05) is 20.1 Å². The van der Waals surface area contributed by atoms with Crippen molar-refractivity contribution in [3.63, 3.8) is 0 Å². The van der Waals surface area contributed by atoms with Gasteiger partial charge in [0.2, 0.25) is 5.95 Å². The highest BCUT2D eigenvalue weighted by atomic mass is 15.3. The van der Waals surface area contributed by atoms with Crippen molar-refractivity contribution in [1.82, 2.24) is 15.2 Å². The lowest BCUT2D eigenvalue weighted by Gasteiger charge is -2.18. The monoisotopic (exact) mass is 285 g/mol. The van der Waals surface area contributed by atoms with E-state index in [0.717, 1.165) is 25.3 Å². The highest BCUT2D eigenvalue weighted by Crippen LogP contribution is 2.12. The molecular formula is C16H23N5. The van der Waals surface area contributed by atoms with E-state index >= 15 is 0 Å². The molecule has 0 saturated carbocycles. The van der Waals surface area contributed by atoms with Crippen molar-refractivity contribution in [3.8, 4) is 0 Å². The quantitative estimate of drug-likeness (QED) is 0.847. The molecule has 0 bridgehead atoms. The van der Waals surface area contributed by atoms with Crippen molar-refractivity contribution in [2.45, 2.75) is 26.8 Å². The standard InChI is InChI=1S/C16H23N5/c1-13(2)9-10-17-16-19-15(11-18-20-16)21(3)12-14-7-5-4-6-8-14/h4-8,11,13H,9-10,12H2,1-3H3,(H,17,19,20). The predicted octanol–water partition coefficient (Wildman–Crippen LogP) is 2.97. The SMILES string of the molecule is CC(C)CCNc1nncc(N(C)Cc2ccccc2)n1. The molecular weight excluding hydrogens is 262 g/mol. The van der Waals surface area contributed by atoms with Crippen LogP contribution in [0.5, 0.6) is 0 Å². The van der Waals surface area contributed by atoms with Crippen LogP contribution in [-0.2, 0) is 6.54 Å². The number of aromatic nitrogens is 3. The number of rotatable bonds is 7. The van der Waals surface area contributed by atoms with E-state index in [1.54, 1.807) is 6.20 Å². The summed E-state index contributed by atoms with van der Waals surface area (Å²) in [6.07, 6.45) is 2.78. The van der Waals surface area contributed by atoms with Crippen LogP contribution in [0.3, 0.4) is 0 Å². The summed E-state index contributed by atoms with van der Waals surface area (Å²) < 4.78 is 0. The Morgan fingerprint density at radius 3 is 2.67 bits per heavy atom. The van der Waals surface area contributed by atoms with Crippen LogP contribution in [0.2, 0.25) is 0 Å². The zero-order valence-electron chi connectivity index (χ0n) is 13.0. The van der Waals surface area contributed by atoms with E-state index in [2.05, 4.69) is 51.4 Å². The second-order valence-corrected chi connectivity index (χ2v) is 5.59. The van der Waals surface area contributed by atoms with Crippen LogP contribution in [-0.4, -0.2) is 28.8 Å². The maximum atomic E-state index is 4.51. The molecule has 1 aromatic heterocycles. The number of anilines is 2. The lowest BCUT2D eigenvalue weighted by Crippen LogP contribution is -2.19. The second-order valence-electron chi connectivity index (χ2n) is 5.59. The molecule has 0 spiro atoms. The minimum atomic E-state index is 0.591. The van der Waals surface area contributed by atoms with Crippen LogP contribution < -0.4 is 10.2 Å². The fraction of sp³-hybridized carbons (Fsp3) is 0.438. The summed E-state index contributed by atoms with van der Waals surface area (Å²) in [6, 6.07) is 10.3. The van der Waals surface area contributed by atoms with Gasteiger partial charge < -0.3 is 10.2 Å². The molecule has 1 heterocycles. The Morgan fingerprint density at radius 1 is 1.19 bits per heavy atom. The number of nitrogens with zero attached hydrogens (tertiary/aromatic N) is 4. The van der Waals surface area contributed by atoms with Crippen LogP contribution in [0.1, 0.15) is 25.8 Å². The number of hydrogen-bond acceptors (Lipinski definition) is 5.